The van der Waals surface area contributed by atoms with Crippen LogP contribution in [0.15, 0.2) is 48.5 Å². The van der Waals surface area contributed by atoms with Gasteiger partial charge >= 0.3 is 0 Å². The Bertz CT molecular complexity index is 692. The molecule has 1 aromatic heterocycles. The van der Waals surface area contributed by atoms with E-state index in [0.29, 0.717) is 0 Å². The van der Waals surface area contributed by atoms with E-state index in [0.717, 1.165) is 23.0 Å². The molecule has 2 aromatic carbocycles. The third kappa shape index (κ3) is 1.85. The van der Waals surface area contributed by atoms with Crippen LogP contribution in [0.25, 0.3) is 20.5 Å². The number of benzene rings is 2. The second-order valence-electron chi connectivity index (χ2n) is 4.34. The molecule has 0 aliphatic heterocycles. The molecule has 0 saturated heterocycles. The Morgan fingerprint density at radius 2 is 1.89 bits per heavy atom. The van der Waals surface area contributed by atoms with Crippen molar-refractivity contribution in [1.82, 2.24) is 0 Å². The molecule has 0 radical (unpaired) electrons. The van der Waals surface area contributed by atoms with Crippen molar-refractivity contribution in [1.29, 1.82) is 0 Å². The molecule has 3 aromatic rings. The molecule has 0 saturated carbocycles. The van der Waals surface area contributed by atoms with Gasteiger partial charge in [0.05, 0.1) is 0 Å². The van der Waals surface area contributed by atoms with Crippen LogP contribution >= 0.6 is 11.3 Å². The fourth-order valence-corrected chi connectivity index (χ4v) is 3.10. The smallest absolute Gasteiger partial charge is 0.150 e. The zero-order valence-electron chi connectivity index (χ0n) is 10.0. The molecule has 0 atom stereocenters. The van der Waals surface area contributed by atoms with E-state index in [1.165, 1.54) is 15.0 Å². The predicted octanol–water partition coefficient (Wildman–Crippen LogP) is 4.69. The van der Waals surface area contributed by atoms with Crippen LogP contribution < -0.4 is 0 Å². The molecule has 0 amide bonds. The lowest BCUT2D eigenvalue weighted by Gasteiger charge is -2.01. The first-order valence-corrected chi connectivity index (χ1v) is 6.64. The molecule has 0 spiro atoms. The molecule has 0 bridgehead atoms. The van der Waals surface area contributed by atoms with Gasteiger partial charge in [0.15, 0.2) is 0 Å². The van der Waals surface area contributed by atoms with Gasteiger partial charge in [0, 0.05) is 15.1 Å². The van der Waals surface area contributed by atoms with Crippen LogP contribution in [0.3, 0.4) is 0 Å². The SMILES string of the molecule is Cc1ccc(-c2cc3ccccc3s2)cc1C=O. The first-order valence-electron chi connectivity index (χ1n) is 5.83. The monoisotopic (exact) mass is 252 g/mol. The highest BCUT2D eigenvalue weighted by Crippen LogP contribution is 2.33. The van der Waals surface area contributed by atoms with Gasteiger partial charge in [0.25, 0.3) is 0 Å². The molecule has 18 heavy (non-hydrogen) atoms. The molecule has 0 aliphatic rings. The Morgan fingerprint density at radius 3 is 2.67 bits per heavy atom. The van der Waals surface area contributed by atoms with Crippen molar-refractivity contribution in [2.24, 2.45) is 0 Å². The van der Waals surface area contributed by atoms with Crippen molar-refractivity contribution in [2.45, 2.75) is 6.92 Å². The Kier molecular flexibility index (Phi) is 2.73. The molecule has 0 aliphatic carbocycles. The highest BCUT2D eigenvalue weighted by molar-refractivity contribution is 7.22. The van der Waals surface area contributed by atoms with E-state index in [1.54, 1.807) is 11.3 Å². The lowest BCUT2D eigenvalue weighted by Crippen LogP contribution is -1.86. The summed E-state index contributed by atoms with van der Waals surface area (Å²) in [7, 11) is 0. The summed E-state index contributed by atoms with van der Waals surface area (Å²) in [4.78, 5) is 12.2. The van der Waals surface area contributed by atoms with Gasteiger partial charge in [-0.3, -0.25) is 4.79 Å². The minimum Gasteiger partial charge on any atom is -0.298 e. The molecule has 1 heterocycles. The summed E-state index contributed by atoms with van der Waals surface area (Å²) < 4.78 is 1.28. The highest BCUT2D eigenvalue weighted by Gasteiger charge is 2.05. The van der Waals surface area contributed by atoms with Crippen LogP contribution in [0.2, 0.25) is 0 Å². The summed E-state index contributed by atoms with van der Waals surface area (Å²) in [5, 5.41) is 1.26. The Morgan fingerprint density at radius 1 is 1.06 bits per heavy atom. The lowest BCUT2D eigenvalue weighted by molar-refractivity contribution is 0.112. The number of carbonyl (C=O) groups excluding carboxylic acids is 1. The zero-order chi connectivity index (χ0) is 12.5. The average Bonchev–Trinajstić information content (AvgIpc) is 2.83. The first-order chi connectivity index (χ1) is 8.78. The number of aldehydes is 1. The summed E-state index contributed by atoms with van der Waals surface area (Å²) in [6.45, 7) is 1.96. The minimum atomic E-state index is 0.768. The van der Waals surface area contributed by atoms with Crippen molar-refractivity contribution < 1.29 is 4.79 Å². The van der Waals surface area contributed by atoms with Crippen LogP contribution in [0.4, 0.5) is 0 Å². The van der Waals surface area contributed by atoms with Crippen LogP contribution in [-0.2, 0) is 0 Å². The van der Waals surface area contributed by atoms with Crippen molar-refractivity contribution in [2.75, 3.05) is 0 Å². The van der Waals surface area contributed by atoms with E-state index in [-0.39, 0.29) is 0 Å². The summed E-state index contributed by atoms with van der Waals surface area (Å²) in [5.41, 5.74) is 2.91. The summed E-state index contributed by atoms with van der Waals surface area (Å²) >= 11 is 1.76. The molecule has 0 unspecified atom stereocenters. The van der Waals surface area contributed by atoms with Crippen LogP contribution in [-0.4, -0.2) is 6.29 Å². The molecule has 88 valence electrons. The van der Waals surface area contributed by atoms with E-state index < -0.39 is 0 Å². The first kappa shape index (κ1) is 11.2. The van der Waals surface area contributed by atoms with E-state index in [4.69, 9.17) is 0 Å². The largest absolute Gasteiger partial charge is 0.298 e. The highest BCUT2D eigenvalue weighted by atomic mass is 32.1. The summed E-state index contributed by atoms with van der Waals surface area (Å²) in [6.07, 6.45) is 0.923. The number of fused-ring (bicyclic) bond motifs is 1. The third-order valence-corrected chi connectivity index (χ3v) is 4.28. The van der Waals surface area contributed by atoms with E-state index in [9.17, 15) is 4.79 Å². The number of carbonyl (C=O) groups is 1. The molecule has 0 N–H and O–H groups in total. The summed E-state index contributed by atoms with van der Waals surface area (Å²) in [5.74, 6) is 0. The van der Waals surface area contributed by atoms with Gasteiger partial charge in [0.2, 0.25) is 0 Å². The minimum absolute atomic E-state index is 0.768. The Balaban J connectivity index is 2.16. The van der Waals surface area contributed by atoms with Gasteiger partial charge < -0.3 is 0 Å². The maximum absolute atomic E-state index is 11.0. The molecule has 2 heteroatoms. The van der Waals surface area contributed by atoms with Gasteiger partial charge in [-0.05, 0) is 41.6 Å². The number of aryl methyl sites for hydroxylation is 1. The summed E-state index contributed by atoms with van der Waals surface area (Å²) in [6, 6.07) is 16.6. The predicted molar refractivity (Wildman–Crippen MR) is 77.4 cm³/mol. The molecule has 3 rings (SSSR count). The zero-order valence-corrected chi connectivity index (χ0v) is 10.8. The Hall–Kier alpha value is -1.93. The molecular formula is C16H12OS. The number of hydrogen-bond acceptors (Lipinski definition) is 2. The standard InChI is InChI=1S/C16H12OS/c1-11-6-7-13(8-14(11)10-17)16-9-12-4-2-3-5-15(12)18-16/h2-10H,1H3. The lowest BCUT2D eigenvalue weighted by atomic mass is 10.0. The van der Waals surface area contributed by atoms with Gasteiger partial charge in [0.1, 0.15) is 6.29 Å². The second-order valence-corrected chi connectivity index (χ2v) is 5.42. The third-order valence-electron chi connectivity index (χ3n) is 3.12. The maximum Gasteiger partial charge on any atom is 0.150 e. The van der Waals surface area contributed by atoms with Crippen molar-refractivity contribution >= 4 is 27.7 Å². The van der Waals surface area contributed by atoms with E-state index in [2.05, 4.69) is 30.3 Å². The van der Waals surface area contributed by atoms with Gasteiger partial charge in [-0.2, -0.15) is 0 Å². The van der Waals surface area contributed by atoms with Crippen molar-refractivity contribution in [3.05, 3.63) is 59.7 Å². The second kappa shape index (κ2) is 4.39. The van der Waals surface area contributed by atoms with E-state index >= 15 is 0 Å². The fourth-order valence-electron chi connectivity index (χ4n) is 2.04. The normalized spacial score (nSPS) is 10.7. The van der Waals surface area contributed by atoms with Crippen molar-refractivity contribution in [3.63, 3.8) is 0 Å². The number of rotatable bonds is 2. The molecule has 0 fully saturated rings. The topological polar surface area (TPSA) is 17.1 Å². The molecule has 1 nitrogen and oxygen atoms in total. The quantitative estimate of drug-likeness (QED) is 0.605. The van der Waals surface area contributed by atoms with Crippen LogP contribution in [0.1, 0.15) is 15.9 Å². The number of hydrogen-bond donors (Lipinski definition) is 0. The van der Waals surface area contributed by atoms with Gasteiger partial charge in [-0.15, -0.1) is 11.3 Å². The Labute approximate surface area is 110 Å². The maximum atomic E-state index is 11.0. The van der Waals surface area contributed by atoms with Crippen LogP contribution in [0, 0.1) is 6.92 Å². The van der Waals surface area contributed by atoms with Gasteiger partial charge in [-0.1, -0.05) is 30.3 Å². The van der Waals surface area contributed by atoms with Crippen LogP contribution in [0.5, 0.6) is 0 Å². The van der Waals surface area contributed by atoms with Crippen molar-refractivity contribution in [3.8, 4) is 10.4 Å². The molecular weight excluding hydrogens is 240 g/mol. The average molecular weight is 252 g/mol. The van der Waals surface area contributed by atoms with E-state index in [1.807, 2.05) is 25.1 Å². The fraction of sp³-hybridized carbons (Fsp3) is 0.0625. The number of thiophene rings is 1. The van der Waals surface area contributed by atoms with Gasteiger partial charge in [-0.25, -0.2) is 0 Å².